The van der Waals surface area contributed by atoms with Gasteiger partial charge in [-0.2, -0.15) is 0 Å². The topological polar surface area (TPSA) is 83.5 Å². The summed E-state index contributed by atoms with van der Waals surface area (Å²) in [6.07, 6.45) is 0.478. The van der Waals surface area contributed by atoms with Crippen LogP contribution in [0.15, 0.2) is 24.3 Å². The summed E-state index contributed by atoms with van der Waals surface area (Å²) in [7, 11) is 0. The van der Waals surface area contributed by atoms with Crippen molar-refractivity contribution in [3.05, 3.63) is 35.4 Å². The Morgan fingerprint density at radius 2 is 1.88 bits per heavy atom. The van der Waals surface area contributed by atoms with Crippen LogP contribution in [-0.4, -0.2) is 16.2 Å². The molecule has 0 aromatic heterocycles. The zero-order chi connectivity index (χ0) is 13.1. The highest BCUT2D eigenvalue weighted by Crippen LogP contribution is 2.22. The molecule has 0 amide bonds. The molecule has 0 saturated heterocycles. The first-order valence-corrected chi connectivity index (χ1v) is 5.61. The molecule has 0 spiro atoms. The zero-order valence-corrected chi connectivity index (χ0v) is 10.2. The van der Waals surface area contributed by atoms with Crippen LogP contribution in [0.1, 0.15) is 43.9 Å². The van der Waals surface area contributed by atoms with Crippen molar-refractivity contribution in [2.24, 2.45) is 5.73 Å². The second-order valence-electron chi connectivity index (χ2n) is 4.72. The van der Waals surface area contributed by atoms with Gasteiger partial charge in [-0.25, -0.2) is 0 Å². The van der Waals surface area contributed by atoms with Crippen molar-refractivity contribution in [1.82, 2.24) is 0 Å². The Morgan fingerprint density at radius 3 is 2.29 bits per heavy atom. The Bertz CT molecular complexity index is 379. The Morgan fingerprint density at radius 1 is 1.35 bits per heavy atom. The van der Waals surface area contributed by atoms with Crippen LogP contribution in [0, 0.1) is 0 Å². The molecule has 0 aliphatic rings. The highest BCUT2D eigenvalue weighted by atomic mass is 16.4. The van der Waals surface area contributed by atoms with E-state index in [9.17, 15) is 9.90 Å². The van der Waals surface area contributed by atoms with Gasteiger partial charge in [0, 0.05) is 12.5 Å². The van der Waals surface area contributed by atoms with Gasteiger partial charge in [-0.3, -0.25) is 4.79 Å². The minimum Gasteiger partial charge on any atom is -0.481 e. The Labute approximate surface area is 101 Å². The van der Waals surface area contributed by atoms with Gasteiger partial charge < -0.3 is 15.9 Å². The summed E-state index contributed by atoms with van der Waals surface area (Å²) in [6.45, 7) is 3.43. The quantitative estimate of drug-likeness (QED) is 0.729. The number of benzene rings is 1. The number of carboxylic acid groups (broad SMARTS) is 1. The van der Waals surface area contributed by atoms with Gasteiger partial charge in [-0.15, -0.1) is 0 Å². The number of hydrogen-bond donors (Lipinski definition) is 3. The van der Waals surface area contributed by atoms with E-state index in [1.54, 1.807) is 13.8 Å². The zero-order valence-electron chi connectivity index (χ0n) is 10.2. The van der Waals surface area contributed by atoms with Crippen molar-refractivity contribution in [1.29, 1.82) is 0 Å². The molecule has 1 atom stereocenters. The van der Waals surface area contributed by atoms with Crippen molar-refractivity contribution in [2.45, 2.75) is 38.3 Å². The Hall–Kier alpha value is -1.39. The van der Waals surface area contributed by atoms with E-state index in [1.165, 1.54) is 0 Å². The maximum absolute atomic E-state index is 10.4. The van der Waals surface area contributed by atoms with Crippen LogP contribution < -0.4 is 5.73 Å². The summed E-state index contributed by atoms with van der Waals surface area (Å²) in [5.41, 5.74) is 6.71. The normalized spacial score (nSPS) is 13.4. The molecule has 0 saturated carbocycles. The molecule has 1 aromatic rings. The second kappa shape index (κ2) is 5.29. The summed E-state index contributed by atoms with van der Waals surface area (Å²) in [6, 6.07) is 7.02. The van der Waals surface area contributed by atoms with Crippen LogP contribution in [0.5, 0.6) is 0 Å². The smallest absolute Gasteiger partial charge is 0.303 e. The summed E-state index contributed by atoms with van der Waals surface area (Å²) >= 11 is 0. The summed E-state index contributed by atoms with van der Waals surface area (Å²) < 4.78 is 0. The van der Waals surface area contributed by atoms with Crippen molar-refractivity contribution in [2.75, 3.05) is 0 Å². The SMILES string of the molecule is CC(C)(O)c1ccc(C(N)CCC(=O)O)cc1. The van der Waals surface area contributed by atoms with Crippen molar-refractivity contribution < 1.29 is 15.0 Å². The molecule has 1 unspecified atom stereocenters. The number of aliphatic hydroxyl groups is 1. The highest BCUT2D eigenvalue weighted by molar-refractivity contribution is 5.66. The van der Waals surface area contributed by atoms with E-state index < -0.39 is 11.6 Å². The third-order valence-corrected chi connectivity index (χ3v) is 2.71. The van der Waals surface area contributed by atoms with Gasteiger partial charge in [0.05, 0.1) is 5.60 Å². The van der Waals surface area contributed by atoms with E-state index in [4.69, 9.17) is 10.8 Å². The predicted molar refractivity (Wildman–Crippen MR) is 65.5 cm³/mol. The Kier molecular flexibility index (Phi) is 4.26. The lowest BCUT2D eigenvalue weighted by molar-refractivity contribution is -0.137. The van der Waals surface area contributed by atoms with E-state index in [1.807, 2.05) is 24.3 Å². The average Bonchev–Trinajstić information content (AvgIpc) is 2.25. The molecular formula is C13H19NO3. The van der Waals surface area contributed by atoms with Gasteiger partial charge in [-0.05, 0) is 31.4 Å². The minimum atomic E-state index is -0.871. The van der Waals surface area contributed by atoms with E-state index in [0.29, 0.717) is 6.42 Å². The Balaban J connectivity index is 2.70. The largest absolute Gasteiger partial charge is 0.481 e. The molecule has 0 fully saturated rings. The summed E-state index contributed by atoms with van der Waals surface area (Å²) in [5, 5.41) is 18.4. The fourth-order valence-corrected chi connectivity index (χ4v) is 1.58. The summed E-state index contributed by atoms with van der Waals surface area (Å²) in [5.74, 6) is -0.839. The first-order valence-electron chi connectivity index (χ1n) is 5.61. The number of nitrogens with two attached hydrogens (primary N) is 1. The molecule has 0 radical (unpaired) electrons. The van der Waals surface area contributed by atoms with E-state index in [2.05, 4.69) is 0 Å². The van der Waals surface area contributed by atoms with Gasteiger partial charge in [0.25, 0.3) is 0 Å². The van der Waals surface area contributed by atoms with Crippen molar-refractivity contribution >= 4 is 5.97 Å². The molecule has 0 aliphatic heterocycles. The third kappa shape index (κ3) is 4.17. The predicted octanol–water partition coefficient (Wildman–Crippen LogP) is 1.78. The molecule has 4 N–H and O–H groups in total. The molecule has 4 heteroatoms. The van der Waals surface area contributed by atoms with E-state index in [0.717, 1.165) is 11.1 Å². The molecule has 4 nitrogen and oxygen atoms in total. The number of rotatable bonds is 5. The lowest BCUT2D eigenvalue weighted by atomic mass is 9.95. The van der Waals surface area contributed by atoms with Gasteiger partial charge >= 0.3 is 5.97 Å². The second-order valence-corrected chi connectivity index (χ2v) is 4.72. The number of carbonyl (C=O) groups is 1. The van der Waals surface area contributed by atoms with Gasteiger partial charge in [0.2, 0.25) is 0 Å². The van der Waals surface area contributed by atoms with Crippen molar-refractivity contribution in [3.8, 4) is 0 Å². The molecule has 17 heavy (non-hydrogen) atoms. The van der Waals surface area contributed by atoms with Gasteiger partial charge in [0.15, 0.2) is 0 Å². The maximum Gasteiger partial charge on any atom is 0.303 e. The lowest BCUT2D eigenvalue weighted by Crippen LogP contribution is -2.16. The lowest BCUT2D eigenvalue weighted by Gasteiger charge is -2.19. The highest BCUT2D eigenvalue weighted by Gasteiger charge is 2.16. The van der Waals surface area contributed by atoms with Crippen LogP contribution in [0.4, 0.5) is 0 Å². The molecular weight excluding hydrogens is 218 g/mol. The van der Waals surface area contributed by atoms with E-state index in [-0.39, 0.29) is 12.5 Å². The minimum absolute atomic E-state index is 0.0639. The van der Waals surface area contributed by atoms with Crippen LogP contribution in [0.3, 0.4) is 0 Å². The molecule has 1 rings (SSSR count). The number of hydrogen-bond acceptors (Lipinski definition) is 3. The molecule has 0 heterocycles. The number of aliphatic carboxylic acids is 1. The fourth-order valence-electron chi connectivity index (χ4n) is 1.58. The van der Waals surface area contributed by atoms with Crippen LogP contribution in [0.2, 0.25) is 0 Å². The van der Waals surface area contributed by atoms with Crippen LogP contribution >= 0.6 is 0 Å². The maximum atomic E-state index is 10.4. The summed E-state index contributed by atoms with van der Waals surface area (Å²) in [4.78, 5) is 10.4. The molecule has 0 aliphatic carbocycles. The van der Waals surface area contributed by atoms with Crippen LogP contribution in [-0.2, 0) is 10.4 Å². The van der Waals surface area contributed by atoms with Gasteiger partial charge in [0.1, 0.15) is 0 Å². The first-order chi connectivity index (χ1) is 7.80. The molecule has 1 aromatic carbocycles. The molecule has 94 valence electrons. The first kappa shape index (κ1) is 13.7. The third-order valence-electron chi connectivity index (χ3n) is 2.71. The standard InChI is InChI=1S/C13H19NO3/c1-13(2,17)10-5-3-9(4-6-10)11(14)7-8-12(15)16/h3-6,11,17H,7-8,14H2,1-2H3,(H,15,16). The van der Waals surface area contributed by atoms with Crippen molar-refractivity contribution in [3.63, 3.8) is 0 Å². The van der Waals surface area contributed by atoms with E-state index >= 15 is 0 Å². The monoisotopic (exact) mass is 237 g/mol. The molecule has 0 bridgehead atoms. The van der Waals surface area contributed by atoms with Crippen LogP contribution in [0.25, 0.3) is 0 Å². The average molecular weight is 237 g/mol. The fraction of sp³-hybridized carbons (Fsp3) is 0.462. The van der Waals surface area contributed by atoms with Gasteiger partial charge in [-0.1, -0.05) is 24.3 Å². The number of carboxylic acids is 1.